The van der Waals surface area contributed by atoms with Crippen molar-refractivity contribution in [3.63, 3.8) is 0 Å². The van der Waals surface area contributed by atoms with Crippen molar-refractivity contribution in [1.29, 1.82) is 0 Å². The van der Waals surface area contributed by atoms with Gasteiger partial charge in [0.25, 0.3) is 0 Å². The second-order valence-corrected chi connectivity index (χ2v) is 4.49. The minimum absolute atomic E-state index is 0.441. The van der Waals surface area contributed by atoms with Gasteiger partial charge < -0.3 is 18.6 Å². The van der Waals surface area contributed by atoms with Gasteiger partial charge in [-0.1, -0.05) is 24.3 Å². The number of hydrogen-bond acceptors (Lipinski definition) is 4. The van der Waals surface area contributed by atoms with E-state index in [1.54, 1.807) is 12.0 Å². The maximum atomic E-state index is 5.62. The van der Waals surface area contributed by atoms with Gasteiger partial charge in [-0.25, -0.2) is 0 Å². The zero-order valence-corrected chi connectivity index (χ0v) is 10.6. The van der Waals surface area contributed by atoms with Gasteiger partial charge in [0.2, 0.25) is 0 Å². The summed E-state index contributed by atoms with van der Waals surface area (Å²) in [5.74, 6) is 6.57. The van der Waals surface area contributed by atoms with Gasteiger partial charge in [-0.05, 0) is 36.2 Å². The molecule has 0 fully saturated rings. The molecule has 96 valence electrons. The molecule has 2 heterocycles. The molecule has 0 saturated carbocycles. The van der Waals surface area contributed by atoms with E-state index in [-0.39, 0.29) is 0 Å². The van der Waals surface area contributed by atoms with E-state index in [9.17, 15) is 0 Å². The predicted molar refractivity (Wildman–Crippen MR) is 76.0 cm³/mol. The highest BCUT2D eigenvalue weighted by molar-refractivity contribution is 6.60. The van der Waals surface area contributed by atoms with Gasteiger partial charge in [-0.3, -0.25) is 0 Å². The van der Waals surface area contributed by atoms with Gasteiger partial charge in [0.1, 0.15) is 23.0 Å². The molecule has 2 aliphatic rings. The highest BCUT2D eigenvalue weighted by atomic mass is 16.6. The first-order valence-corrected chi connectivity index (χ1v) is 6.41. The number of para-hydroxylation sites is 4. The van der Waals surface area contributed by atoms with Gasteiger partial charge in [-0.2, -0.15) is 0 Å². The molecule has 0 spiro atoms. The molecular weight excluding hydrogens is 254 g/mol. The second-order valence-electron chi connectivity index (χ2n) is 4.49. The van der Waals surface area contributed by atoms with Crippen LogP contribution in [0.3, 0.4) is 0 Å². The van der Waals surface area contributed by atoms with Gasteiger partial charge >= 0.3 is 14.2 Å². The summed E-state index contributed by atoms with van der Waals surface area (Å²) in [6, 6.07) is 15.1. The van der Waals surface area contributed by atoms with Crippen molar-refractivity contribution in [2.75, 3.05) is 0 Å². The maximum Gasteiger partial charge on any atom is 0.624 e. The zero-order valence-electron chi connectivity index (χ0n) is 10.6. The molecule has 0 bridgehead atoms. The Morgan fingerprint density at radius 1 is 0.550 bits per heavy atom. The molecule has 4 nitrogen and oxygen atoms in total. The number of hydrogen-bond donors (Lipinski definition) is 0. The molecule has 2 aromatic carbocycles. The first-order valence-electron chi connectivity index (χ1n) is 6.41. The molecule has 0 saturated heterocycles. The molecule has 0 unspecified atom stereocenters. The Labute approximate surface area is 117 Å². The van der Waals surface area contributed by atoms with Crippen LogP contribution in [-0.4, -0.2) is 14.2 Å². The Balaban J connectivity index is 1.42. The summed E-state index contributed by atoms with van der Waals surface area (Å²) < 4.78 is 22.5. The molecule has 20 heavy (non-hydrogen) atoms. The Hall–Kier alpha value is -2.49. The van der Waals surface area contributed by atoms with E-state index in [1.807, 2.05) is 48.5 Å². The van der Waals surface area contributed by atoms with Crippen LogP contribution >= 0.6 is 0 Å². The molecule has 0 N–H and O–H groups in total. The van der Waals surface area contributed by atoms with Crippen LogP contribution in [-0.2, 0) is 0 Å². The normalized spacial score (nSPS) is 15.2. The average molecular weight is 264 g/mol. The number of rotatable bonds is 2. The third kappa shape index (κ3) is 1.99. The van der Waals surface area contributed by atoms with Crippen molar-refractivity contribution in [2.45, 2.75) is 0 Å². The van der Waals surface area contributed by atoms with Gasteiger partial charge in [0.05, 0.1) is 0 Å². The quantitative estimate of drug-likeness (QED) is 0.781. The SMILES string of the molecule is C(=C\B1Oc2ccccc2O1)/B1Oc2ccccc2O1. The van der Waals surface area contributed by atoms with Crippen molar-refractivity contribution < 1.29 is 18.6 Å². The van der Waals surface area contributed by atoms with E-state index < -0.39 is 14.2 Å². The smallest absolute Gasteiger partial charge is 0.520 e. The molecule has 0 aromatic heterocycles. The van der Waals surface area contributed by atoms with E-state index in [1.165, 1.54) is 0 Å². The first kappa shape index (κ1) is 11.3. The fourth-order valence-corrected chi connectivity index (χ4v) is 2.18. The van der Waals surface area contributed by atoms with Crippen molar-refractivity contribution in [3.8, 4) is 23.0 Å². The summed E-state index contributed by atoms with van der Waals surface area (Å²) in [6.45, 7) is 0. The molecule has 2 aliphatic heterocycles. The van der Waals surface area contributed by atoms with Crippen LogP contribution in [0.2, 0.25) is 0 Å². The summed E-state index contributed by atoms with van der Waals surface area (Å²) in [4.78, 5) is 0. The lowest BCUT2D eigenvalue weighted by Gasteiger charge is -2.00. The Kier molecular flexibility index (Phi) is 2.59. The summed E-state index contributed by atoms with van der Waals surface area (Å²) in [5.41, 5.74) is 0. The molecule has 6 heteroatoms. The Morgan fingerprint density at radius 2 is 0.850 bits per heavy atom. The van der Waals surface area contributed by atoms with Crippen molar-refractivity contribution >= 4 is 14.2 Å². The predicted octanol–water partition coefficient (Wildman–Crippen LogP) is 2.54. The third-order valence-corrected chi connectivity index (χ3v) is 3.10. The zero-order chi connectivity index (χ0) is 13.4. The fourth-order valence-electron chi connectivity index (χ4n) is 2.18. The number of fused-ring (bicyclic) bond motifs is 2. The molecule has 4 rings (SSSR count). The summed E-state index contributed by atoms with van der Waals surface area (Å²) in [6.07, 6.45) is 0. The molecule has 0 amide bonds. The molecular formula is C14H10B2O4. The van der Waals surface area contributed by atoms with E-state index in [4.69, 9.17) is 18.6 Å². The van der Waals surface area contributed by atoms with Gasteiger partial charge in [0.15, 0.2) is 0 Å². The lowest BCUT2D eigenvalue weighted by atomic mass is 9.80. The monoisotopic (exact) mass is 264 g/mol. The maximum absolute atomic E-state index is 5.62. The molecule has 0 atom stereocenters. The fraction of sp³-hybridized carbons (Fsp3) is 0. The molecule has 2 aromatic rings. The average Bonchev–Trinajstić information content (AvgIpc) is 3.07. The summed E-state index contributed by atoms with van der Waals surface area (Å²) in [5, 5.41) is 0. The lowest BCUT2D eigenvalue weighted by molar-refractivity contribution is 0.510. The van der Waals surface area contributed by atoms with Crippen LogP contribution < -0.4 is 18.6 Å². The van der Waals surface area contributed by atoms with E-state index in [2.05, 4.69) is 0 Å². The topological polar surface area (TPSA) is 36.9 Å². The summed E-state index contributed by atoms with van der Waals surface area (Å²) in [7, 11) is -0.883. The van der Waals surface area contributed by atoms with Crippen molar-refractivity contribution in [2.24, 2.45) is 0 Å². The Morgan fingerprint density at radius 3 is 1.15 bits per heavy atom. The number of benzene rings is 2. The van der Waals surface area contributed by atoms with E-state index in [0.717, 1.165) is 23.0 Å². The summed E-state index contributed by atoms with van der Waals surface area (Å²) >= 11 is 0. The van der Waals surface area contributed by atoms with Crippen LogP contribution in [0.1, 0.15) is 0 Å². The van der Waals surface area contributed by atoms with Gasteiger partial charge in [0, 0.05) is 0 Å². The van der Waals surface area contributed by atoms with Crippen LogP contribution in [0.5, 0.6) is 23.0 Å². The first-order chi connectivity index (χ1) is 9.88. The standard InChI is InChI=1S/C14H10B2O4/c1-2-6-12-11(5-1)17-15(18-12)9-10-16-19-13-7-3-4-8-14(13)20-16/h1-10H/b10-9+. The molecule has 0 radical (unpaired) electrons. The van der Waals surface area contributed by atoms with Crippen LogP contribution in [0, 0.1) is 0 Å². The third-order valence-electron chi connectivity index (χ3n) is 3.10. The highest BCUT2D eigenvalue weighted by Crippen LogP contribution is 2.34. The second kappa shape index (κ2) is 4.56. The van der Waals surface area contributed by atoms with Crippen molar-refractivity contribution in [3.05, 3.63) is 60.5 Å². The highest BCUT2D eigenvalue weighted by Gasteiger charge is 2.33. The van der Waals surface area contributed by atoms with Crippen LogP contribution in [0.4, 0.5) is 0 Å². The lowest BCUT2D eigenvalue weighted by Crippen LogP contribution is -2.26. The van der Waals surface area contributed by atoms with E-state index in [0.29, 0.717) is 0 Å². The van der Waals surface area contributed by atoms with Crippen LogP contribution in [0.25, 0.3) is 0 Å². The van der Waals surface area contributed by atoms with Gasteiger partial charge in [-0.15, -0.1) is 0 Å². The molecule has 0 aliphatic carbocycles. The van der Waals surface area contributed by atoms with Crippen molar-refractivity contribution in [1.82, 2.24) is 0 Å². The minimum Gasteiger partial charge on any atom is -0.520 e. The largest absolute Gasteiger partial charge is 0.624 e. The Bertz CT molecular complexity index is 566. The van der Waals surface area contributed by atoms with E-state index >= 15 is 0 Å². The van der Waals surface area contributed by atoms with Crippen LogP contribution in [0.15, 0.2) is 60.5 Å². The minimum atomic E-state index is -0.441.